The Morgan fingerprint density at radius 3 is 2.68 bits per heavy atom. The number of aromatic nitrogens is 2. The Balaban J connectivity index is 1.97. The summed E-state index contributed by atoms with van der Waals surface area (Å²) in [6, 6.07) is 16.3. The van der Waals surface area contributed by atoms with Crippen molar-refractivity contribution in [2.45, 2.75) is 6.54 Å². The molecule has 2 heterocycles. The number of rotatable bonds is 3. The molecule has 1 radical (unpaired) electrons. The zero-order chi connectivity index (χ0) is 17.4. The molecule has 0 saturated carbocycles. The molecule has 0 unspecified atom stereocenters. The van der Waals surface area contributed by atoms with Crippen LogP contribution in [0.15, 0.2) is 59.6 Å². The quantitative estimate of drug-likeness (QED) is 0.589. The molecule has 0 bridgehead atoms. The molecule has 7 heteroatoms. The third-order valence-electron chi connectivity index (χ3n) is 4.08. The molecule has 2 aromatic carbocycles. The zero-order valence-corrected chi connectivity index (χ0v) is 13.2. The first kappa shape index (κ1) is 15.1. The molecule has 25 heavy (non-hydrogen) atoms. The minimum absolute atomic E-state index is 0.0218. The first-order chi connectivity index (χ1) is 12.2. The van der Waals surface area contributed by atoms with E-state index in [9.17, 15) is 10.1 Å². The largest absolute Gasteiger partial charge is 0.367 e. The van der Waals surface area contributed by atoms with Crippen LogP contribution in [-0.2, 0) is 6.54 Å². The van der Waals surface area contributed by atoms with E-state index in [4.69, 9.17) is 4.99 Å². The normalized spacial score (nSPS) is 12.6. The Morgan fingerprint density at radius 2 is 1.96 bits per heavy atom. The molecular formula is C18H14N5O2. The minimum Gasteiger partial charge on any atom is -0.367 e. The first-order valence-corrected chi connectivity index (χ1v) is 7.68. The van der Waals surface area contributed by atoms with Gasteiger partial charge in [0.2, 0.25) is 0 Å². The van der Waals surface area contributed by atoms with Crippen LogP contribution in [0.1, 0.15) is 16.8 Å². The average molecular weight is 332 g/mol. The summed E-state index contributed by atoms with van der Waals surface area (Å²) in [6.45, 7) is 0.418. The molecule has 0 amide bonds. The van der Waals surface area contributed by atoms with Gasteiger partial charge < -0.3 is 5.32 Å². The molecule has 0 fully saturated rings. The Hall–Kier alpha value is -3.48. The van der Waals surface area contributed by atoms with Crippen molar-refractivity contribution in [1.82, 2.24) is 9.78 Å². The highest BCUT2D eigenvalue weighted by Gasteiger charge is 2.23. The van der Waals surface area contributed by atoms with Crippen LogP contribution in [0, 0.1) is 17.2 Å². The number of benzene rings is 2. The number of hydrogen-bond donors (Lipinski definition) is 1. The van der Waals surface area contributed by atoms with E-state index in [1.54, 1.807) is 16.8 Å². The molecule has 0 aliphatic carbocycles. The van der Waals surface area contributed by atoms with E-state index in [-0.39, 0.29) is 5.69 Å². The summed E-state index contributed by atoms with van der Waals surface area (Å²) in [6.07, 6.45) is 0. The fourth-order valence-corrected chi connectivity index (χ4v) is 2.93. The van der Waals surface area contributed by atoms with E-state index in [1.807, 2.05) is 36.4 Å². The molecule has 0 saturated heterocycles. The third-order valence-corrected chi connectivity index (χ3v) is 4.08. The van der Waals surface area contributed by atoms with Crippen LogP contribution < -0.4 is 5.32 Å². The molecule has 0 atom stereocenters. The maximum atomic E-state index is 11.2. The van der Waals surface area contributed by atoms with Gasteiger partial charge in [0.05, 0.1) is 28.6 Å². The fourth-order valence-electron chi connectivity index (χ4n) is 2.93. The number of aliphatic imine (C=N–C) groups is 1. The highest BCUT2D eigenvalue weighted by Crippen LogP contribution is 2.29. The van der Waals surface area contributed by atoms with Crippen LogP contribution in [0.25, 0.3) is 5.69 Å². The molecule has 7 nitrogen and oxygen atoms in total. The summed E-state index contributed by atoms with van der Waals surface area (Å²) in [7, 11) is 3.63. The number of non-ortho nitro benzene ring substituents is 1. The van der Waals surface area contributed by atoms with E-state index in [0.29, 0.717) is 23.6 Å². The maximum absolute atomic E-state index is 11.2. The smallest absolute Gasteiger partial charge is 0.270 e. The summed E-state index contributed by atoms with van der Waals surface area (Å²) in [4.78, 5) is 15.5. The van der Waals surface area contributed by atoms with Gasteiger partial charge in [0.25, 0.3) is 5.69 Å². The summed E-state index contributed by atoms with van der Waals surface area (Å²) in [5.41, 5.74) is 3.96. The van der Waals surface area contributed by atoms with E-state index >= 15 is 0 Å². The van der Waals surface area contributed by atoms with Crippen LogP contribution in [0.2, 0.25) is 0 Å². The van der Waals surface area contributed by atoms with Gasteiger partial charge >= 0.3 is 0 Å². The third kappa shape index (κ3) is 2.55. The first-order valence-electron chi connectivity index (χ1n) is 7.68. The number of hydrogen-bond acceptors (Lipinski definition) is 5. The predicted molar refractivity (Wildman–Crippen MR) is 95.0 cm³/mol. The van der Waals surface area contributed by atoms with Gasteiger partial charge in [0.15, 0.2) is 0 Å². The molecule has 1 aliphatic heterocycles. The Bertz CT molecular complexity index is 992. The SMILES string of the molecule is [CH2]Nc1cc2n(n1)-c1ccc([N+](=O)[O-])cc1C(c1ccccc1)=NC2. The van der Waals surface area contributed by atoms with E-state index in [0.717, 1.165) is 16.9 Å². The van der Waals surface area contributed by atoms with Crippen molar-refractivity contribution < 1.29 is 4.92 Å². The van der Waals surface area contributed by atoms with Gasteiger partial charge in [-0.25, -0.2) is 4.68 Å². The zero-order valence-electron chi connectivity index (χ0n) is 13.2. The van der Waals surface area contributed by atoms with Crippen molar-refractivity contribution in [3.05, 3.63) is 88.6 Å². The maximum Gasteiger partial charge on any atom is 0.270 e. The van der Waals surface area contributed by atoms with Gasteiger partial charge in [-0.2, -0.15) is 5.10 Å². The van der Waals surface area contributed by atoms with Gasteiger partial charge in [0.1, 0.15) is 5.82 Å². The summed E-state index contributed by atoms with van der Waals surface area (Å²) in [5.74, 6) is 0.623. The van der Waals surface area contributed by atoms with Crippen molar-refractivity contribution in [3.8, 4) is 5.69 Å². The van der Waals surface area contributed by atoms with Crippen LogP contribution >= 0.6 is 0 Å². The lowest BCUT2D eigenvalue weighted by atomic mass is 10.00. The number of nitrogens with zero attached hydrogens (tertiary/aromatic N) is 4. The van der Waals surface area contributed by atoms with Crippen molar-refractivity contribution in [2.75, 3.05) is 5.32 Å². The van der Waals surface area contributed by atoms with Crippen LogP contribution in [0.3, 0.4) is 0 Å². The molecule has 1 aliphatic rings. The van der Waals surface area contributed by atoms with Crippen molar-refractivity contribution in [1.29, 1.82) is 0 Å². The molecule has 4 rings (SSSR count). The Labute approximate surface area is 143 Å². The molecular weight excluding hydrogens is 318 g/mol. The molecule has 1 N–H and O–H groups in total. The van der Waals surface area contributed by atoms with E-state index in [1.165, 1.54) is 6.07 Å². The minimum atomic E-state index is -0.402. The second-order valence-electron chi connectivity index (χ2n) is 5.60. The number of nitro benzene ring substituents is 1. The number of fused-ring (bicyclic) bond motifs is 3. The second-order valence-corrected chi connectivity index (χ2v) is 5.60. The van der Waals surface area contributed by atoms with Gasteiger partial charge in [-0.15, -0.1) is 0 Å². The van der Waals surface area contributed by atoms with Crippen molar-refractivity contribution in [2.24, 2.45) is 4.99 Å². The summed E-state index contributed by atoms with van der Waals surface area (Å²) < 4.78 is 1.76. The number of nitro groups is 1. The molecule has 3 aromatic rings. The van der Waals surface area contributed by atoms with Gasteiger partial charge in [-0.05, 0) is 6.07 Å². The lowest BCUT2D eigenvalue weighted by Crippen LogP contribution is -2.09. The summed E-state index contributed by atoms with van der Waals surface area (Å²) >= 11 is 0. The molecule has 0 spiro atoms. The monoisotopic (exact) mass is 332 g/mol. The standard InChI is InChI=1S/C18H14N5O2/c1-19-17-10-14-11-20-18(12-5-3-2-4-6-12)15-9-13(23(24)25)7-8-16(15)22(14)21-17/h2-10H,1,11H2,(H,19,21). The molecule has 123 valence electrons. The van der Waals surface area contributed by atoms with Crippen molar-refractivity contribution in [3.63, 3.8) is 0 Å². The van der Waals surface area contributed by atoms with Crippen LogP contribution in [-0.4, -0.2) is 20.4 Å². The van der Waals surface area contributed by atoms with Crippen molar-refractivity contribution >= 4 is 17.2 Å². The number of anilines is 1. The van der Waals surface area contributed by atoms with Gasteiger partial charge in [-0.3, -0.25) is 15.1 Å². The van der Waals surface area contributed by atoms with Gasteiger partial charge in [0, 0.05) is 36.4 Å². The highest BCUT2D eigenvalue weighted by molar-refractivity contribution is 6.15. The topological polar surface area (TPSA) is 85.3 Å². The Kier molecular flexibility index (Phi) is 3.53. The fraction of sp³-hybridized carbons (Fsp3) is 0.0556. The average Bonchev–Trinajstić information content (AvgIpc) is 2.99. The second kappa shape index (κ2) is 5.86. The molecule has 1 aromatic heterocycles. The Morgan fingerprint density at radius 1 is 1.16 bits per heavy atom. The summed E-state index contributed by atoms with van der Waals surface area (Å²) in [5, 5.41) is 18.5. The predicted octanol–water partition coefficient (Wildman–Crippen LogP) is 3.33. The van der Waals surface area contributed by atoms with E-state index in [2.05, 4.69) is 17.5 Å². The lowest BCUT2D eigenvalue weighted by Gasteiger charge is -2.11. The number of nitrogens with one attached hydrogen (secondary N) is 1. The van der Waals surface area contributed by atoms with E-state index < -0.39 is 4.92 Å². The van der Waals surface area contributed by atoms with Crippen LogP contribution in [0.5, 0.6) is 0 Å². The van der Waals surface area contributed by atoms with Crippen LogP contribution in [0.4, 0.5) is 11.5 Å². The highest BCUT2D eigenvalue weighted by atomic mass is 16.6. The lowest BCUT2D eigenvalue weighted by molar-refractivity contribution is -0.384. The van der Waals surface area contributed by atoms with Gasteiger partial charge in [-0.1, -0.05) is 30.3 Å².